The van der Waals surface area contributed by atoms with E-state index in [1.165, 1.54) is 29.1 Å². The third kappa shape index (κ3) is 6.67. The second-order valence-electron chi connectivity index (χ2n) is 8.28. The van der Waals surface area contributed by atoms with Crippen molar-refractivity contribution in [3.8, 4) is 5.75 Å². The maximum Gasteiger partial charge on any atom is 0.282 e. The van der Waals surface area contributed by atoms with Gasteiger partial charge in [0.05, 0.1) is 27.3 Å². The molecule has 0 bridgehead atoms. The van der Waals surface area contributed by atoms with Gasteiger partial charge in [-0.15, -0.1) is 0 Å². The lowest BCUT2D eigenvalue weighted by atomic mass is 10.2. The van der Waals surface area contributed by atoms with Crippen LogP contribution in [0.5, 0.6) is 5.75 Å². The molecule has 0 radical (unpaired) electrons. The van der Waals surface area contributed by atoms with E-state index < -0.39 is 18.3 Å². The minimum absolute atomic E-state index is 0.0486. The summed E-state index contributed by atoms with van der Waals surface area (Å²) < 4.78 is 22.1. The molecular formula is C27H22Br2ClFN4O3. The molecule has 0 spiro atoms. The molecule has 0 atom stereocenters. The molecule has 0 unspecified atom stereocenters. The van der Waals surface area contributed by atoms with Gasteiger partial charge in [0, 0.05) is 21.5 Å². The Kier molecular flexibility index (Phi) is 9.30. The third-order valence-electron chi connectivity index (χ3n) is 5.47. The summed E-state index contributed by atoms with van der Waals surface area (Å²) in [5.74, 6) is -0.305. The van der Waals surface area contributed by atoms with Crippen molar-refractivity contribution >= 4 is 72.2 Å². The molecule has 0 fully saturated rings. The van der Waals surface area contributed by atoms with Crippen molar-refractivity contribution in [3.63, 3.8) is 0 Å². The Labute approximate surface area is 239 Å². The normalized spacial score (nSPS) is 11.3. The van der Waals surface area contributed by atoms with E-state index in [4.69, 9.17) is 16.3 Å². The van der Waals surface area contributed by atoms with Crippen LogP contribution in [0, 0.1) is 5.82 Å². The number of aryl methyl sites for hydroxylation is 1. The fourth-order valence-electron chi connectivity index (χ4n) is 3.65. The van der Waals surface area contributed by atoms with Crippen LogP contribution in [0.25, 0.3) is 10.9 Å². The monoisotopic (exact) mass is 662 g/mol. The Balaban J connectivity index is 1.66. The number of amides is 1. The van der Waals surface area contributed by atoms with Crippen molar-refractivity contribution < 1.29 is 13.9 Å². The zero-order valence-corrected chi connectivity index (χ0v) is 24.1. The Hall–Kier alpha value is -3.08. The molecule has 38 heavy (non-hydrogen) atoms. The summed E-state index contributed by atoms with van der Waals surface area (Å²) in [5.41, 5.74) is 0.746. The van der Waals surface area contributed by atoms with E-state index in [-0.39, 0.29) is 17.0 Å². The summed E-state index contributed by atoms with van der Waals surface area (Å²) in [7, 11) is 0. The lowest BCUT2D eigenvalue weighted by Crippen LogP contribution is -2.23. The van der Waals surface area contributed by atoms with Crippen molar-refractivity contribution in [2.75, 3.05) is 11.9 Å². The highest BCUT2D eigenvalue weighted by Crippen LogP contribution is 2.32. The Bertz CT molecular complexity index is 1590. The van der Waals surface area contributed by atoms with Crippen molar-refractivity contribution in [2.45, 2.75) is 26.2 Å². The maximum atomic E-state index is 13.9. The molecule has 1 N–H and O–H groups in total. The summed E-state index contributed by atoms with van der Waals surface area (Å²) >= 11 is 13.1. The third-order valence-corrected chi connectivity index (χ3v) is 6.77. The summed E-state index contributed by atoms with van der Waals surface area (Å²) in [6.45, 7) is 1.65. The summed E-state index contributed by atoms with van der Waals surface area (Å²) in [6.07, 6.45) is 3.75. The van der Waals surface area contributed by atoms with Gasteiger partial charge in [-0.2, -0.15) is 9.78 Å². The molecule has 7 nitrogen and oxygen atoms in total. The maximum absolute atomic E-state index is 13.9. The van der Waals surface area contributed by atoms with Gasteiger partial charge in [-0.25, -0.2) is 9.37 Å². The van der Waals surface area contributed by atoms with Crippen molar-refractivity contribution in [3.05, 3.63) is 96.1 Å². The van der Waals surface area contributed by atoms with Gasteiger partial charge in [-0.1, -0.05) is 53.0 Å². The number of fused-ring (bicyclic) bond motifs is 1. The molecule has 4 aromatic rings. The number of para-hydroxylation sites is 1. The Morgan fingerprint density at radius 2 is 2.00 bits per heavy atom. The van der Waals surface area contributed by atoms with Gasteiger partial charge in [-0.05, 0) is 64.8 Å². The van der Waals surface area contributed by atoms with Crippen LogP contribution in [0.2, 0.25) is 5.02 Å². The second kappa shape index (κ2) is 12.6. The largest absolute Gasteiger partial charge is 0.482 e. The van der Waals surface area contributed by atoms with Gasteiger partial charge < -0.3 is 10.1 Å². The highest BCUT2D eigenvalue weighted by Gasteiger charge is 2.15. The van der Waals surface area contributed by atoms with E-state index in [1.807, 2.05) is 6.07 Å². The van der Waals surface area contributed by atoms with Crippen LogP contribution in [-0.4, -0.2) is 28.4 Å². The van der Waals surface area contributed by atoms with Gasteiger partial charge in [0.1, 0.15) is 17.4 Å². The number of rotatable bonds is 9. The number of hydrogen-bond acceptors (Lipinski definition) is 5. The number of nitrogens with zero attached hydrogens (tertiary/aromatic N) is 3. The lowest BCUT2D eigenvalue weighted by molar-refractivity contribution is -0.118. The number of hydrogen-bond donors (Lipinski definition) is 1. The standard InChI is InChI=1S/C27H22Br2ClFN4O3/c1-2-3-8-24-33-22-10-9-17(28)12-19(22)27(37)35(24)32-14-16-11-18(30)13-20(29)26(16)38-15-25(36)34-23-7-5-4-6-21(23)31/h4-7,9-14H,2-3,8,15H2,1H3,(H,34,36). The number of unbranched alkanes of at least 4 members (excludes halogenated alkanes) is 1. The number of carbonyl (C=O) groups is 1. The van der Waals surface area contributed by atoms with Crippen LogP contribution in [0.3, 0.4) is 0 Å². The van der Waals surface area contributed by atoms with E-state index in [9.17, 15) is 14.0 Å². The second-order valence-corrected chi connectivity index (χ2v) is 10.5. The predicted molar refractivity (Wildman–Crippen MR) is 155 cm³/mol. The fourth-order valence-corrected chi connectivity index (χ4v) is 4.96. The van der Waals surface area contributed by atoms with E-state index in [2.05, 4.69) is 54.2 Å². The highest BCUT2D eigenvalue weighted by atomic mass is 79.9. The molecule has 4 rings (SSSR count). The SMILES string of the molecule is CCCCc1nc2ccc(Br)cc2c(=O)n1N=Cc1cc(Cl)cc(Br)c1OCC(=O)Nc1ccccc1F. The van der Waals surface area contributed by atoms with E-state index >= 15 is 0 Å². The quantitative estimate of drug-likeness (QED) is 0.196. The van der Waals surface area contributed by atoms with Crippen LogP contribution < -0.4 is 15.6 Å². The minimum atomic E-state index is -0.554. The zero-order chi connectivity index (χ0) is 27.2. The van der Waals surface area contributed by atoms with Gasteiger partial charge >= 0.3 is 0 Å². The zero-order valence-electron chi connectivity index (χ0n) is 20.2. The molecular weight excluding hydrogens is 643 g/mol. The van der Waals surface area contributed by atoms with Crippen molar-refractivity contribution in [1.29, 1.82) is 0 Å². The first-order chi connectivity index (χ1) is 18.3. The number of ether oxygens (including phenoxy) is 1. The first-order valence-electron chi connectivity index (χ1n) is 11.7. The van der Waals surface area contributed by atoms with Gasteiger partial charge in [-0.3, -0.25) is 9.59 Å². The average Bonchev–Trinajstić information content (AvgIpc) is 2.88. The minimum Gasteiger partial charge on any atom is -0.482 e. The highest BCUT2D eigenvalue weighted by molar-refractivity contribution is 9.10. The van der Waals surface area contributed by atoms with Crippen molar-refractivity contribution in [1.82, 2.24) is 9.66 Å². The summed E-state index contributed by atoms with van der Waals surface area (Å²) in [5, 5.41) is 7.73. The number of carbonyl (C=O) groups excluding carboxylic acids is 1. The van der Waals surface area contributed by atoms with Crippen molar-refractivity contribution in [2.24, 2.45) is 5.10 Å². The van der Waals surface area contributed by atoms with Crippen LogP contribution in [0.15, 0.2) is 73.4 Å². The molecule has 0 aliphatic heterocycles. The number of anilines is 1. The number of nitrogens with one attached hydrogen (secondary N) is 1. The lowest BCUT2D eigenvalue weighted by Gasteiger charge is -2.13. The Morgan fingerprint density at radius 3 is 2.76 bits per heavy atom. The van der Waals surface area contributed by atoms with E-state index in [1.54, 1.807) is 30.3 Å². The molecule has 0 saturated heterocycles. The van der Waals surface area contributed by atoms with Crippen LogP contribution >= 0.6 is 43.5 Å². The smallest absolute Gasteiger partial charge is 0.282 e. The fraction of sp³-hybridized carbons (Fsp3) is 0.185. The molecule has 1 heterocycles. The van der Waals surface area contributed by atoms with Gasteiger partial charge in [0.15, 0.2) is 6.61 Å². The van der Waals surface area contributed by atoms with Gasteiger partial charge in [0.2, 0.25) is 0 Å². The molecule has 1 aromatic heterocycles. The Morgan fingerprint density at radius 1 is 1.21 bits per heavy atom. The molecule has 11 heteroatoms. The first-order valence-corrected chi connectivity index (χ1v) is 13.6. The van der Waals surface area contributed by atoms with Gasteiger partial charge in [0.25, 0.3) is 11.5 Å². The van der Waals surface area contributed by atoms with E-state index in [0.29, 0.717) is 38.2 Å². The topological polar surface area (TPSA) is 85.6 Å². The molecule has 0 aliphatic carbocycles. The number of halogens is 4. The number of aromatic nitrogens is 2. The van der Waals surface area contributed by atoms with Crippen LogP contribution in [-0.2, 0) is 11.2 Å². The molecule has 1 amide bonds. The molecule has 196 valence electrons. The van der Waals surface area contributed by atoms with Crippen LogP contribution in [0.1, 0.15) is 31.2 Å². The molecule has 3 aromatic carbocycles. The number of benzene rings is 3. The predicted octanol–water partition coefficient (Wildman–Crippen LogP) is 6.96. The summed E-state index contributed by atoms with van der Waals surface area (Å²) in [4.78, 5) is 30.4. The molecule has 0 aliphatic rings. The first kappa shape index (κ1) is 27.9. The summed E-state index contributed by atoms with van der Waals surface area (Å²) in [6, 6.07) is 14.4. The van der Waals surface area contributed by atoms with Crippen LogP contribution in [0.4, 0.5) is 10.1 Å². The average molecular weight is 665 g/mol. The van der Waals surface area contributed by atoms with E-state index in [0.717, 1.165) is 17.3 Å². The molecule has 0 saturated carbocycles.